The molecule has 0 spiro atoms. The van der Waals surface area contributed by atoms with Crippen LogP contribution in [0.4, 0.5) is 5.95 Å². The van der Waals surface area contributed by atoms with Gasteiger partial charge in [0, 0.05) is 18.3 Å². The number of rotatable bonds is 2. The van der Waals surface area contributed by atoms with Gasteiger partial charge in [0.15, 0.2) is 5.65 Å². The molecule has 1 aliphatic rings. The standard InChI is InChI=1S/C12H17N5/c1-9-4-2-6-11-15-12(16-17(9)11)14-10-5-3-7-13-8-10/h2,4,6,10,13H,3,5,7-8H2,1H3,(H,14,16). The van der Waals surface area contributed by atoms with Crippen LogP contribution in [-0.4, -0.2) is 33.7 Å². The number of pyridine rings is 1. The Labute approximate surface area is 100 Å². The fourth-order valence-electron chi connectivity index (χ4n) is 2.25. The highest BCUT2D eigenvalue weighted by atomic mass is 15.4. The van der Waals surface area contributed by atoms with Gasteiger partial charge in [0.25, 0.3) is 0 Å². The highest BCUT2D eigenvalue weighted by Gasteiger charge is 2.14. The van der Waals surface area contributed by atoms with Crippen LogP contribution >= 0.6 is 0 Å². The van der Waals surface area contributed by atoms with Crippen molar-refractivity contribution in [1.82, 2.24) is 19.9 Å². The maximum Gasteiger partial charge on any atom is 0.243 e. The molecule has 2 N–H and O–H groups in total. The van der Waals surface area contributed by atoms with Crippen LogP contribution in [0.5, 0.6) is 0 Å². The van der Waals surface area contributed by atoms with E-state index < -0.39 is 0 Å². The number of nitrogens with zero attached hydrogens (tertiary/aromatic N) is 3. The Morgan fingerprint density at radius 2 is 2.41 bits per heavy atom. The van der Waals surface area contributed by atoms with Crippen molar-refractivity contribution in [2.45, 2.75) is 25.8 Å². The Hall–Kier alpha value is -1.62. The van der Waals surface area contributed by atoms with E-state index in [-0.39, 0.29) is 0 Å². The molecular weight excluding hydrogens is 214 g/mol. The minimum Gasteiger partial charge on any atom is -0.349 e. The fraction of sp³-hybridized carbons (Fsp3) is 0.500. The van der Waals surface area contributed by atoms with E-state index in [1.807, 2.05) is 29.6 Å². The van der Waals surface area contributed by atoms with E-state index in [0.717, 1.165) is 30.4 Å². The molecule has 1 atom stereocenters. The zero-order valence-electron chi connectivity index (χ0n) is 9.98. The highest BCUT2D eigenvalue weighted by Crippen LogP contribution is 2.11. The first kappa shape index (κ1) is 10.5. The summed E-state index contributed by atoms with van der Waals surface area (Å²) in [7, 11) is 0. The lowest BCUT2D eigenvalue weighted by atomic mass is 10.1. The van der Waals surface area contributed by atoms with Crippen LogP contribution in [0.25, 0.3) is 5.65 Å². The molecule has 17 heavy (non-hydrogen) atoms. The van der Waals surface area contributed by atoms with Crippen LogP contribution in [0, 0.1) is 6.92 Å². The zero-order valence-corrected chi connectivity index (χ0v) is 9.98. The van der Waals surface area contributed by atoms with E-state index in [0.29, 0.717) is 6.04 Å². The summed E-state index contributed by atoms with van der Waals surface area (Å²) in [5.74, 6) is 0.730. The molecule has 1 saturated heterocycles. The zero-order chi connectivity index (χ0) is 11.7. The lowest BCUT2D eigenvalue weighted by Gasteiger charge is -2.22. The molecule has 2 aromatic heterocycles. The summed E-state index contributed by atoms with van der Waals surface area (Å²) < 4.78 is 1.87. The van der Waals surface area contributed by atoms with Crippen LogP contribution < -0.4 is 10.6 Å². The Morgan fingerprint density at radius 1 is 1.47 bits per heavy atom. The average molecular weight is 231 g/mol. The lowest BCUT2D eigenvalue weighted by Crippen LogP contribution is -2.38. The highest BCUT2D eigenvalue weighted by molar-refractivity contribution is 5.44. The van der Waals surface area contributed by atoms with Crippen LogP contribution in [0.15, 0.2) is 18.2 Å². The predicted octanol–water partition coefficient (Wildman–Crippen LogP) is 1.20. The maximum absolute atomic E-state index is 4.48. The first-order chi connectivity index (χ1) is 8.33. The van der Waals surface area contributed by atoms with Crippen LogP contribution in [-0.2, 0) is 0 Å². The van der Waals surface area contributed by atoms with Crippen molar-refractivity contribution in [3.63, 3.8) is 0 Å². The number of fused-ring (bicyclic) bond motifs is 1. The molecule has 0 aliphatic carbocycles. The van der Waals surface area contributed by atoms with Crippen molar-refractivity contribution in [3.8, 4) is 0 Å². The number of hydrogen-bond donors (Lipinski definition) is 2. The van der Waals surface area contributed by atoms with Gasteiger partial charge in [-0.1, -0.05) is 6.07 Å². The Morgan fingerprint density at radius 3 is 3.18 bits per heavy atom. The molecule has 0 bridgehead atoms. The van der Waals surface area contributed by atoms with E-state index in [1.165, 1.54) is 12.8 Å². The van der Waals surface area contributed by atoms with Gasteiger partial charge in [-0.2, -0.15) is 4.98 Å². The Bertz CT molecular complexity index is 513. The fourth-order valence-corrected chi connectivity index (χ4v) is 2.25. The molecular formula is C12H17N5. The Kier molecular flexibility index (Phi) is 2.68. The van der Waals surface area contributed by atoms with Crippen molar-refractivity contribution < 1.29 is 0 Å². The quantitative estimate of drug-likeness (QED) is 0.815. The van der Waals surface area contributed by atoms with Gasteiger partial charge < -0.3 is 10.6 Å². The van der Waals surface area contributed by atoms with E-state index in [1.54, 1.807) is 0 Å². The average Bonchev–Trinajstić information content (AvgIpc) is 2.74. The molecule has 2 aromatic rings. The molecule has 0 radical (unpaired) electrons. The molecule has 5 heteroatoms. The number of hydrogen-bond acceptors (Lipinski definition) is 4. The molecule has 1 unspecified atom stereocenters. The van der Waals surface area contributed by atoms with E-state index in [9.17, 15) is 0 Å². The minimum absolute atomic E-state index is 0.446. The topological polar surface area (TPSA) is 54.2 Å². The second-order valence-corrected chi connectivity index (χ2v) is 4.56. The predicted molar refractivity (Wildman–Crippen MR) is 67.2 cm³/mol. The van der Waals surface area contributed by atoms with Crippen LogP contribution in [0.1, 0.15) is 18.5 Å². The third-order valence-corrected chi connectivity index (χ3v) is 3.18. The largest absolute Gasteiger partial charge is 0.349 e. The van der Waals surface area contributed by atoms with Gasteiger partial charge in [-0.3, -0.25) is 0 Å². The van der Waals surface area contributed by atoms with Crippen molar-refractivity contribution in [2.75, 3.05) is 18.4 Å². The van der Waals surface area contributed by atoms with Gasteiger partial charge >= 0.3 is 0 Å². The second-order valence-electron chi connectivity index (χ2n) is 4.56. The smallest absolute Gasteiger partial charge is 0.243 e. The lowest BCUT2D eigenvalue weighted by molar-refractivity contribution is 0.478. The number of anilines is 1. The van der Waals surface area contributed by atoms with Gasteiger partial charge in [0.2, 0.25) is 5.95 Å². The van der Waals surface area contributed by atoms with Crippen molar-refractivity contribution >= 4 is 11.6 Å². The van der Waals surface area contributed by atoms with E-state index in [4.69, 9.17) is 0 Å². The summed E-state index contributed by atoms with van der Waals surface area (Å²) in [5.41, 5.74) is 2.00. The third kappa shape index (κ3) is 2.10. The normalized spacial score (nSPS) is 20.6. The molecule has 90 valence electrons. The first-order valence-corrected chi connectivity index (χ1v) is 6.12. The van der Waals surface area contributed by atoms with E-state index in [2.05, 4.69) is 20.7 Å². The number of aromatic nitrogens is 3. The molecule has 0 aromatic carbocycles. The minimum atomic E-state index is 0.446. The van der Waals surface area contributed by atoms with Crippen molar-refractivity contribution in [2.24, 2.45) is 0 Å². The first-order valence-electron chi connectivity index (χ1n) is 6.12. The summed E-state index contributed by atoms with van der Waals surface area (Å²) >= 11 is 0. The van der Waals surface area contributed by atoms with Gasteiger partial charge in [-0.05, 0) is 38.4 Å². The molecule has 1 fully saturated rings. The SMILES string of the molecule is Cc1cccc2nc(NC3CCCNC3)nn12. The number of nitrogens with one attached hydrogen (secondary N) is 2. The summed E-state index contributed by atoms with van der Waals surface area (Å²) in [6.45, 7) is 4.15. The summed E-state index contributed by atoms with van der Waals surface area (Å²) in [6.07, 6.45) is 2.39. The third-order valence-electron chi connectivity index (χ3n) is 3.18. The molecule has 5 nitrogen and oxygen atoms in total. The monoisotopic (exact) mass is 231 g/mol. The molecule has 0 saturated carbocycles. The van der Waals surface area contributed by atoms with Crippen LogP contribution in [0.3, 0.4) is 0 Å². The van der Waals surface area contributed by atoms with Gasteiger partial charge in [0.1, 0.15) is 0 Å². The maximum atomic E-state index is 4.48. The van der Waals surface area contributed by atoms with Crippen molar-refractivity contribution in [1.29, 1.82) is 0 Å². The molecule has 1 aliphatic heterocycles. The van der Waals surface area contributed by atoms with Crippen LogP contribution in [0.2, 0.25) is 0 Å². The molecule has 0 amide bonds. The second kappa shape index (κ2) is 4.33. The van der Waals surface area contributed by atoms with E-state index >= 15 is 0 Å². The summed E-state index contributed by atoms with van der Waals surface area (Å²) in [6, 6.07) is 6.46. The van der Waals surface area contributed by atoms with Gasteiger partial charge in [0.05, 0.1) is 0 Å². The number of aryl methyl sites for hydroxylation is 1. The molecule has 3 heterocycles. The van der Waals surface area contributed by atoms with Gasteiger partial charge in [-0.25, -0.2) is 4.52 Å². The van der Waals surface area contributed by atoms with Gasteiger partial charge in [-0.15, -0.1) is 5.10 Å². The summed E-state index contributed by atoms with van der Waals surface area (Å²) in [4.78, 5) is 4.48. The molecule has 3 rings (SSSR count). The van der Waals surface area contributed by atoms with Crippen molar-refractivity contribution in [3.05, 3.63) is 23.9 Å². The Balaban J connectivity index is 1.83. The number of piperidine rings is 1. The summed E-state index contributed by atoms with van der Waals surface area (Å²) in [5, 5.41) is 11.2.